The Morgan fingerprint density at radius 3 is 1.87 bits per heavy atom. The van der Waals surface area contributed by atoms with Crippen molar-refractivity contribution >= 4 is 17.1 Å². The van der Waals surface area contributed by atoms with Gasteiger partial charge in [-0.25, -0.2) is 0 Å². The fraction of sp³-hybridized carbons (Fsp3) is 0.429. The minimum atomic E-state index is -0.127. The van der Waals surface area contributed by atoms with Gasteiger partial charge in [-0.1, -0.05) is 47.6 Å². The molecule has 1 aromatic rings. The lowest BCUT2D eigenvalue weighted by Crippen LogP contribution is -2.21. The first-order valence-electron chi connectivity index (χ1n) is 8.05. The second kappa shape index (κ2) is 5.59. The molecule has 2 nitrogen and oxygen atoms in total. The monoisotopic (exact) mass is 310 g/mol. The maximum absolute atomic E-state index is 12.4. The van der Waals surface area contributed by atoms with Crippen molar-refractivity contribution in [3.8, 4) is 0 Å². The first-order chi connectivity index (χ1) is 10.4. The van der Waals surface area contributed by atoms with E-state index in [0.29, 0.717) is 5.57 Å². The molecule has 1 aliphatic carbocycles. The van der Waals surface area contributed by atoms with E-state index >= 15 is 0 Å². The lowest BCUT2D eigenvalue weighted by Gasteiger charge is -2.29. The summed E-state index contributed by atoms with van der Waals surface area (Å²) in [4.78, 5) is 24.1. The summed E-state index contributed by atoms with van der Waals surface area (Å²) in [6.45, 7) is 15.0. The van der Waals surface area contributed by atoms with Crippen LogP contribution in [0.1, 0.15) is 63.8 Å². The number of allylic oxidation sites excluding steroid dienone is 4. The van der Waals surface area contributed by atoms with E-state index in [1.807, 2.05) is 0 Å². The molecular weight excluding hydrogens is 284 g/mol. The van der Waals surface area contributed by atoms with E-state index in [9.17, 15) is 9.59 Å². The molecule has 0 saturated heterocycles. The standard InChI is InChI=1S/C21H26O2/c1-13-10-18(21(5,6)7)15(12-17(13)20(2,3)4)16-11-14(22)8-9-19(16)23/h8-12H,1-7H3. The average molecular weight is 310 g/mol. The van der Waals surface area contributed by atoms with Gasteiger partial charge in [-0.3, -0.25) is 9.59 Å². The minimum absolute atomic E-state index is 0.0205. The molecule has 0 bridgehead atoms. The van der Waals surface area contributed by atoms with Crippen LogP contribution in [0.3, 0.4) is 0 Å². The molecule has 23 heavy (non-hydrogen) atoms. The highest BCUT2D eigenvalue weighted by atomic mass is 16.1. The summed E-state index contributed by atoms with van der Waals surface area (Å²) < 4.78 is 0. The molecule has 2 rings (SSSR count). The summed E-state index contributed by atoms with van der Waals surface area (Å²) in [6, 6.07) is 4.28. The van der Waals surface area contributed by atoms with E-state index in [0.717, 1.165) is 11.1 Å². The molecule has 0 unspecified atom stereocenters. The predicted molar refractivity (Wildman–Crippen MR) is 95.7 cm³/mol. The summed E-state index contributed by atoms with van der Waals surface area (Å²) in [5.41, 5.74) is 4.79. The third-order valence-electron chi connectivity index (χ3n) is 4.22. The van der Waals surface area contributed by atoms with Gasteiger partial charge in [0.25, 0.3) is 0 Å². The lowest BCUT2D eigenvalue weighted by atomic mass is 9.75. The van der Waals surface area contributed by atoms with Crippen LogP contribution in [-0.4, -0.2) is 11.6 Å². The van der Waals surface area contributed by atoms with Crippen LogP contribution in [0.4, 0.5) is 0 Å². The molecule has 1 aromatic carbocycles. The van der Waals surface area contributed by atoms with Crippen LogP contribution in [0.15, 0.2) is 30.4 Å². The summed E-state index contributed by atoms with van der Waals surface area (Å²) in [7, 11) is 0. The Morgan fingerprint density at radius 2 is 1.35 bits per heavy atom. The van der Waals surface area contributed by atoms with Crippen LogP contribution in [-0.2, 0) is 20.4 Å². The summed E-state index contributed by atoms with van der Waals surface area (Å²) in [6.07, 6.45) is 4.18. The van der Waals surface area contributed by atoms with Crippen molar-refractivity contribution in [1.29, 1.82) is 0 Å². The second-order valence-electron chi connectivity index (χ2n) is 8.37. The smallest absolute Gasteiger partial charge is 0.186 e. The summed E-state index contributed by atoms with van der Waals surface area (Å²) in [5, 5.41) is 0. The Bertz CT molecular complexity index is 732. The summed E-state index contributed by atoms with van der Waals surface area (Å²) >= 11 is 0. The van der Waals surface area contributed by atoms with E-state index < -0.39 is 0 Å². The largest absolute Gasteiger partial charge is 0.290 e. The maximum Gasteiger partial charge on any atom is 0.186 e. The molecule has 0 spiro atoms. The number of carbonyl (C=O) groups excluding carboxylic acids is 2. The molecule has 0 heterocycles. The zero-order valence-electron chi connectivity index (χ0n) is 15.2. The molecule has 0 saturated carbocycles. The number of rotatable bonds is 1. The van der Waals surface area contributed by atoms with Gasteiger partial charge in [-0.05, 0) is 64.3 Å². The number of benzene rings is 1. The molecule has 122 valence electrons. The topological polar surface area (TPSA) is 34.1 Å². The SMILES string of the molecule is Cc1cc(C(C)(C)C)c(C2=CC(=O)C=CC2=O)cc1C(C)(C)C. The van der Waals surface area contributed by atoms with Crippen LogP contribution >= 0.6 is 0 Å². The molecule has 0 radical (unpaired) electrons. The van der Waals surface area contributed by atoms with Crippen LogP contribution in [0.2, 0.25) is 0 Å². The molecule has 0 N–H and O–H groups in total. The minimum Gasteiger partial charge on any atom is -0.290 e. The van der Waals surface area contributed by atoms with Gasteiger partial charge in [0.15, 0.2) is 11.6 Å². The molecular formula is C21H26O2. The highest BCUT2D eigenvalue weighted by molar-refractivity contribution is 6.34. The molecule has 0 atom stereocenters. The van der Waals surface area contributed by atoms with E-state index in [1.54, 1.807) is 0 Å². The molecule has 1 aliphatic rings. The van der Waals surface area contributed by atoms with Gasteiger partial charge in [0.1, 0.15) is 0 Å². The van der Waals surface area contributed by atoms with Crippen LogP contribution in [0, 0.1) is 6.92 Å². The van der Waals surface area contributed by atoms with Crippen molar-refractivity contribution in [1.82, 2.24) is 0 Å². The third-order valence-corrected chi connectivity index (χ3v) is 4.22. The number of hydrogen-bond donors (Lipinski definition) is 0. The Morgan fingerprint density at radius 1 is 0.783 bits per heavy atom. The van der Waals surface area contributed by atoms with E-state index in [4.69, 9.17) is 0 Å². The number of ketones is 2. The quantitative estimate of drug-likeness (QED) is 0.706. The Hall–Kier alpha value is -1.96. The van der Waals surface area contributed by atoms with Crippen molar-refractivity contribution in [2.45, 2.75) is 59.3 Å². The lowest BCUT2D eigenvalue weighted by molar-refractivity contribution is -0.113. The van der Waals surface area contributed by atoms with Crippen molar-refractivity contribution in [3.63, 3.8) is 0 Å². The van der Waals surface area contributed by atoms with Gasteiger partial charge in [-0.2, -0.15) is 0 Å². The highest BCUT2D eigenvalue weighted by Crippen LogP contribution is 2.37. The number of hydrogen-bond acceptors (Lipinski definition) is 2. The van der Waals surface area contributed by atoms with Crippen LogP contribution in [0.5, 0.6) is 0 Å². The average Bonchev–Trinajstić information content (AvgIpc) is 2.39. The summed E-state index contributed by atoms with van der Waals surface area (Å²) in [5.74, 6) is -0.226. The molecule has 0 fully saturated rings. The van der Waals surface area contributed by atoms with Gasteiger partial charge >= 0.3 is 0 Å². The Kier molecular flexibility index (Phi) is 4.23. The fourth-order valence-corrected chi connectivity index (χ4v) is 3.08. The molecule has 0 aliphatic heterocycles. The second-order valence-corrected chi connectivity index (χ2v) is 8.37. The molecule has 2 heteroatoms. The predicted octanol–water partition coefficient (Wildman–Crippen LogP) is 4.68. The third kappa shape index (κ3) is 3.52. The van der Waals surface area contributed by atoms with Gasteiger partial charge < -0.3 is 0 Å². The van der Waals surface area contributed by atoms with Crippen LogP contribution < -0.4 is 0 Å². The number of aryl methyl sites for hydroxylation is 1. The maximum atomic E-state index is 12.4. The normalized spacial score (nSPS) is 15.9. The first kappa shape index (κ1) is 17.4. The molecule has 0 amide bonds. The Labute approximate surface area is 139 Å². The van der Waals surface area contributed by atoms with Gasteiger partial charge in [0, 0.05) is 5.57 Å². The van der Waals surface area contributed by atoms with E-state index in [2.05, 4.69) is 60.6 Å². The molecule has 0 aromatic heterocycles. The van der Waals surface area contributed by atoms with Crippen molar-refractivity contribution < 1.29 is 9.59 Å². The van der Waals surface area contributed by atoms with Crippen molar-refractivity contribution in [2.75, 3.05) is 0 Å². The zero-order chi connectivity index (χ0) is 17.6. The van der Waals surface area contributed by atoms with Crippen molar-refractivity contribution in [3.05, 3.63) is 52.6 Å². The van der Waals surface area contributed by atoms with Gasteiger partial charge in [-0.15, -0.1) is 0 Å². The number of carbonyl (C=O) groups is 2. The van der Waals surface area contributed by atoms with Crippen LogP contribution in [0.25, 0.3) is 5.57 Å². The fourth-order valence-electron chi connectivity index (χ4n) is 3.08. The van der Waals surface area contributed by atoms with Gasteiger partial charge in [0.2, 0.25) is 0 Å². The van der Waals surface area contributed by atoms with Gasteiger partial charge in [0.05, 0.1) is 0 Å². The Balaban J connectivity index is 2.79. The zero-order valence-corrected chi connectivity index (χ0v) is 15.2. The van der Waals surface area contributed by atoms with E-state index in [-0.39, 0.29) is 22.4 Å². The van der Waals surface area contributed by atoms with E-state index in [1.165, 1.54) is 29.4 Å². The van der Waals surface area contributed by atoms with Crippen molar-refractivity contribution in [2.24, 2.45) is 0 Å². The highest BCUT2D eigenvalue weighted by Gasteiger charge is 2.27. The first-order valence-corrected chi connectivity index (χ1v) is 8.05.